The van der Waals surface area contributed by atoms with Crippen LogP contribution in [0.1, 0.15) is 24.2 Å². The van der Waals surface area contributed by atoms with Crippen molar-refractivity contribution in [3.63, 3.8) is 0 Å². The van der Waals surface area contributed by atoms with Gasteiger partial charge in [0.05, 0.1) is 6.26 Å². The molecule has 0 radical (unpaired) electrons. The van der Waals surface area contributed by atoms with E-state index in [1.54, 1.807) is 11.2 Å². The van der Waals surface area contributed by atoms with Crippen molar-refractivity contribution < 1.29 is 9.21 Å². The number of carbonyl (C=O) groups excluding carboxylic acids is 1. The van der Waals surface area contributed by atoms with Crippen molar-refractivity contribution in [2.24, 2.45) is 5.92 Å². The highest BCUT2D eigenvalue weighted by molar-refractivity contribution is 5.76. The van der Waals surface area contributed by atoms with Crippen LogP contribution >= 0.6 is 0 Å². The van der Waals surface area contributed by atoms with Crippen molar-refractivity contribution >= 4 is 5.91 Å². The van der Waals surface area contributed by atoms with E-state index in [0.29, 0.717) is 18.9 Å². The molecule has 4 nitrogen and oxygen atoms in total. The van der Waals surface area contributed by atoms with E-state index < -0.39 is 0 Å². The maximum Gasteiger partial charge on any atom is 0.222 e. The van der Waals surface area contributed by atoms with Gasteiger partial charge in [-0.05, 0) is 38.4 Å². The molecule has 1 amide bonds. The van der Waals surface area contributed by atoms with Crippen molar-refractivity contribution in [3.05, 3.63) is 23.7 Å². The predicted octanol–water partition coefficient (Wildman–Crippen LogP) is 1.55. The molecule has 2 rings (SSSR count). The first-order valence-corrected chi connectivity index (χ1v) is 6.14. The van der Waals surface area contributed by atoms with Gasteiger partial charge in [0.25, 0.3) is 0 Å². The summed E-state index contributed by atoms with van der Waals surface area (Å²) >= 11 is 0. The minimum Gasteiger partial charge on any atom is -0.469 e. The van der Waals surface area contributed by atoms with E-state index in [1.165, 1.54) is 0 Å². The van der Waals surface area contributed by atoms with Gasteiger partial charge in [0.1, 0.15) is 5.76 Å². The molecule has 1 aliphatic heterocycles. The molecule has 17 heavy (non-hydrogen) atoms. The Kier molecular flexibility index (Phi) is 3.84. The van der Waals surface area contributed by atoms with Crippen LogP contribution in [0.25, 0.3) is 0 Å². The number of carbonyl (C=O) groups is 1. The molecule has 1 unspecified atom stereocenters. The molecule has 94 valence electrons. The van der Waals surface area contributed by atoms with Gasteiger partial charge in [-0.1, -0.05) is 0 Å². The Morgan fingerprint density at radius 3 is 3.06 bits per heavy atom. The van der Waals surface area contributed by atoms with E-state index in [1.807, 2.05) is 20.0 Å². The second kappa shape index (κ2) is 5.36. The van der Waals surface area contributed by atoms with E-state index in [4.69, 9.17) is 4.42 Å². The van der Waals surface area contributed by atoms with Gasteiger partial charge in [0.15, 0.2) is 0 Å². The Balaban J connectivity index is 1.84. The third-order valence-corrected chi connectivity index (χ3v) is 3.43. The third-order valence-electron chi connectivity index (χ3n) is 3.43. The number of rotatable bonds is 4. The first kappa shape index (κ1) is 12.2. The standard InChI is InChI=1S/C13H20N2O2/c1-10-12(4-6-17-10)9-15(2)13(16)7-11-3-5-14-8-11/h4,6,11,14H,3,5,7-9H2,1-2H3. The zero-order valence-corrected chi connectivity index (χ0v) is 10.5. The van der Waals surface area contributed by atoms with Crippen LogP contribution in [-0.2, 0) is 11.3 Å². The van der Waals surface area contributed by atoms with E-state index in [2.05, 4.69) is 5.32 Å². The maximum atomic E-state index is 12.0. The van der Waals surface area contributed by atoms with Crippen LogP contribution in [0.2, 0.25) is 0 Å². The van der Waals surface area contributed by atoms with Crippen LogP contribution in [0, 0.1) is 12.8 Å². The molecule has 0 bridgehead atoms. The SMILES string of the molecule is Cc1occc1CN(C)C(=O)CC1CCNC1. The largest absolute Gasteiger partial charge is 0.469 e. The number of hydrogen-bond donors (Lipinski definition) is 1. The van der Waals surface area contributed by atoms with Crippen molar-refractivity contribution in [2.45, 2.75) is 26.3 Å². The lowest BCUT2D eigenvalue weighted by molar-refractivity contribution is -0.131. The summed E-state index contributed by atoms with van der Waals surface area (Å²) in [5.41, 5.74) is 1.09. The van der Waals surface area contributed by atoms with Gasteiger partial charge in [-0.15, -0.1) is 0 Å². The summed E-state index contributed by atoms with van der Waals surface area (Å²) in [5.74, 6) is 1.63. The lowest BCUT2D eigenvalue weighted by Gasteiger charge is -2.18. The highest BCUT2D eigenvalue weighted by Gasteiger charge is 2.20. The first-order chi connectivity index (χ1) is 8.16. The summed E-state index contributed by atoms with van der Waals surface area (Å²) in [5, 5.41) is 3.29. The average molecular weight is 236 g/mol. The normalized spacial score (nSPS) is 19.5. The van der Waals surface area contributed by atoms with Gasteiger partial charge in [0.2, 0.25) is 5.91 Å². The van der Waals surface area contributed by atoms with E-state index in [-0.39, 0.29) is 5.91 Å². The lowest BCUT2D eigenvalue weighted by atomic mass is 10.0. The molecule has 1 saturated heterocycles. The topological polar surface area (TPSA) is 45.5 Å². The van der Waals surface area contributed by atoms with E-state index in [9.17, 15) is 4.79 Å². The summed E-state index contributed by atoms with van der Waals surface area (Å²) < 4.78 is 5.23. The van der Waals surface area contributed by atoms with Crippen molar-refractivity contribution in [3.8, 4) is 0 Å². The molecule has 1 fully saturated rings. The Morgan fingerprint density at radius 1 is 1.65 bits per heavy atom. The number of hydrogen-bond acceptors (Lipinski definition) is 3. The summed E-state index contributed by atoms with van der Waals surface area (Å²) in [4.78, 5) is 13.8. The molecular weight excluding hydrogens is 216 g/mol. The summed E-state index contributed by atoms with van der Waals surface area (Å²) in [6.45, 7) is 4.59. The van der Waals surface area contributed by atoms with Crippen LogP contribution < -0.4 is 5.32 Å². The lowest BCUT2D eigenvalue weighted by Crippen LogP contribution is -2.28. The molecule has 0 aliphatic carbocycles. The number of aryl methyl sites for hydroxylation is 1. The molecule has 1 atom stereocenters. The fourth-order valence-corrected chi connectivity index (χ4v) is 2.21. The molecule has 0 aromatic carbocycles. The van der Waals surface area contributed by atoms with Crippen LogP contribution in [0.15, 0.2) is 16.7 Å². The van der Waals surface area contributed by atoms with E-state index in [0.717, 1.165) is 30.8 Å². The Hall–Kier alpha value is -1.29. The smallest absolute Gasteiger partial charge is 0.222 e. The van der Waals surface area contributed by atoms with Gasteiger partial charge in [-0.2, -0.15) is 0 Å². The number of nitrogens with zero attached hydrogens (tertiary/aromatic N) is 1. The summed E-state index contributed by atoms with van der Waals surface area (Å²) in [7, 11) is 1.86. The Bertz CT molecular complexity index is 381. The first-order valence-electron chi connectivity index (χ1n) is 6.14. The van der Waals surface area contributed by atoms with Gasteiger partial charge >= 0.3 is 0 Å². The zero-order valence-electron chi connectivity index (χ0n) is 10.5. The highest BCUT2D eigenvalue weighted by Crippen LogP contribution is 2.16. The summed E-state index contributed by atoms with van der Waals surface area (Å²) in [6, 6.07) is 1.93. The molecule has 2 heterocycles. The number of furan rings is 1. The van der Waals surface area contributed by atoms with E-state index >= 15 is 0 Å². The molecule has 1 aliphatic rings. The second-order valence-corrected chi connectivity index (χ2v) is 4.81. The molecule has 1 N–H and O–H groups in total. The van der Waals surface area contributed by atoms with Crippen LogP contribution in [0.5, 0.6) is 0 Å². The Labute approximate surface area is 102 Å². The molecule has 0 spiro atoms. The third kappa shape index (κ3) is 3.09. The zero-order chi connectivity index (χ0) is 12.3. The van der Waals surface area contributed by atoms with Gasteiger partial charge in [0, 0.05) is 25.6 Å². The van der Waals surface area contributed by atoms with Crippen LogP contribution in [0.4, 0.5) is 0 Å². The number of amides is 1. The number of nitrogens with one attached hydrogen (secondary N) is 1. The quantitative estimate of drug-likeness (QED) is 0.862. The Morgan fingerprint density at radius 2 is 2.47 bits per heavy atom. The maximum absolute atomic E-state index is 12.0. The van der Waals surface area contributed by atoms with Crippen LogP contribution in [0.3, 0.4) is 0 Å². The fourth-order valence-electron chi connectivity index (χ4n) is 2.21. The van der Waals surface area contributed by atoms with Gasteiger partial charge in [-0.25, -0.2) is 0 Å². The fraction of sp³-hybridized carbons (Fsp3) is 0.615. The minimum absolute atomic E-state index is 0.222. The van der Waals surface area contributed by atoms with Crippen molar-refractivity contribution in [2.75, 3.05) is 20.1 Å². The average Bonchev–Trinajstić information content (AvgIpc) is 2.91. The van der Waals surface area contributed by atoms with Gasteiger partial charge in [-0.3, -0.25) is 4.79 Å². The molecule has 1 aromatic heterocycles. The van der Waals surface area contributed by atoms with Gasteiger partial charge < -0.3 is 14.6 Å². The summed E-state index contributed by atoms with van der Waals surface area (Å²) in [6.07, 6.45) is 3.44. The molecule has 4 heteroatoms. The second-order valence-electron chi connectivity index (χ2n) is 4.81. The highest BCUT2D eigenvalue weighted by atomic mass is 16.3. The molecular formula is C13H20N2O2. The molecule has 1 aromatic rings. The monoisotopic (exact) mass is 236 g/mol. The van der Waals surface area contributed by atoms with Crippen molar-refractivity contribution in [1.82, 2.24) is 10.2 Å². The predicted molar refractivity (Wildman–Crippen MR) is 65.5 cm³/mol. The van der Waals surface area contributed by atoms with Crippen molar-refractivity contribution in [1.29, 1.82) is 0 Å². The van der Waals surface area contributed by atoms with Crippen LogP contribution in [-0.4, -0.2) is 30.9 Å². The minimum atomic E-state index is 0.222. The molecule has 0 saturated carbocycles.